The first kappa shape index (κ1) is 14.7. The fourth-order valence-electron chi connectivity index (χ4n) is 1.46. The van der Waals surface area contributed by atoms with Crippen molar-refractivity contribution >= 4 is 25.7 Å². The lowest BCUT2D eigenvalue weighted by molar-refractivity contribution is -0.203. The fourth-order valence-corrected chi connectivity index (χ4v) is 2.77. The Morgan fingerprint density at radius 3 is 2.12 bits per heavy atom. The van der Waals surface area contributed by atoms with Crippen molar-refractivity contribution in [3.05, 3.63) is 0 Å². The van der Waals surface area contributed by atoms with Gasteiger partial charge in [-0.2, -0.15) is 0 Å². The number of piperidine rings is 1. The van der Waals surface area contributed by atoms with E-state index in [2.05, 4.69) is 0 Å². The number of hydrogen-bond acceptors (Lipinski definition) is 5. The molecule has 0 aliphatic carbocycles. The minimum atomic E-state index is -3.50. The van der Waals surface area contributed by atoms with Crippen LogP contribution in [0.15, 0.2) is 0 Å². The van der Waals surface area contributed by atoms with Gasteiger partial charge in [0.2, 0.25) is 9.05 Å². The molecule has 1 aliphatic heterocycles. The molecule has 1 heterocycles. The van der Waals surface area contributed by atoms with E-state index in [9.17, 15) is 13.2 Å². The van der Waals surface area contributed by atoms with E-state index in [1.54, 1.807) is 20.8 Å². The summed E-state index contributed by atoms with van der Waals surface area (Å²) in [6.07, 6.45) is 0.784. The van der Waals surface area contributed by atoms with Crippen LogP contribution in [0.25, 0.3) is 0 Å². The first-order valence-electron chi connectivity index (χ1n) is 5.51. The molecular weight excluding hydrogens is 266 g/mol. The van der Waals surface area contributed by atoms with E-state index in [0.717, 1.165) is 0 Å². The Bertz CT molecular complexity index is 380. The SMILES string of the molecule is CC(C)(C)C(=O)ON1CCC(S(=O)(=O)Cl)CC1. The van der Waals surface area contributed by atoms with Gasteiger partial charge in [0, 0.05) is 23.8 Å². The zero-order valence-electron chi connectivity index (χ0n) is 10.3. The maximum Gasteiger partial charge on any atom is 0.330 e. The fraction of sp³-hybridized carbons (Fsp3) is 0.900. The molecule has 0 atom stereocenters. The Morgan fingerprint density at radius 1 is 1.29 bits per heavy atom. The van der Waals surface area contributed by atoms with Crippen LogP contribution in [0.5, 0.6) is 0 Å². The third-order valence-corrected chi connectivity index (χ3v) is 4.65. The molecule has 0 aromatic rings. The molecule has 0 aromatic heterocycles. The molecule has 0 unspecified atom stereocenters. The van der Waals surface area contributed by atoms with Crippen LogP contribution in [0.1, 0.15) is 33.6 Å². The molecule has 0 saturated carbocycles. The summed E-state index contributed by atoms with van der Waals surface area (Å²) < 4.78 is 22.2. The molecule has 0 spiro atoms. The highest BCUT2D eigenvalue weighted by Crippen LogP contribution is 2.23. The summed E-state index contributed by atoms with van der Waals surface area (Å²) in [5.74, 6) is -0.315. The lowest BCUT2D eigenvalue weighted by Crippen LogP contribution is -2.41. The van der Waals surface area contributed by atoms with Crippen molar-refractivity contribution in [2.45, 2.75) is 38.9 Å². The van der Waals surface area contributed by atoms with Crippen LogP contribution in [-0.4, -0.2) is 37.8 Å². The number of hydroxylamine groups is 2. The third-order valence-electron chi connectivity index (χ3n) is 2.62. The predicted molar refractivity (Wildman–Crippen MR) is 64.9 cm³/mol. The summed E-state index contributed by atoms with van der Waals surface area (Å²) >= 11 is 0. The molecule has 0 amide bonds. The highest BCUT2D eigenvalue weighted by atomic mass is 35.7. The molecule has 1 saturated heterocycles. The van der Waals surface area contributed by atoms with Crippen molar-refractivity contribution in [3.8, 4) is 0 Å². The number of rotatable bonds is 2. The highest BCUT2D eigenvalue weighted by Gasteiger charge is 2.32. The van der Waals surface area contributed by atoms with Gasteiger partial charge in [-0.15, -0.1) is 5.06 Å². The van der Waals surface area contributed by atoms with Crippen molar-refractivity contribution in [1.29, 1.82) is 0 Å². The van der Waals surface area contributed by atoms with Gasteiger partial charge in [0.05, 0.1) is 10.7 Å². The monoisotopic (exact) mass is 283 g/mol. The number of carbonyl (C=O) groups is 1. The van der Waals surface area contributed by atoms with Crippen molar-refractivity contribution in [2.24, 2.45) is 5.41 Å². The van der Waals surface area contributed by atoms with Crippen LogP contribution in [0.2, 0.25) is 0 Å². The van der Waals surface area contributed by atoms with Gasteiger partial charge < -0.3 is 4.84 Å². The van der Waals surface area contributed by atoms with E-state index < -0.39 is 19.7 Å². The molecule has 0 bridgehead atoms. The maximum atomic E-state index is 11.6. The number of carbonyl (C=O) groups excluding carboxylic acids is 1. The van der Waals surface area contributed by atoms with E-state index in [1.165, 1.54) is 5.06 Å². The molecule has 1 rings (SSSR count). The Morgan fingerprint density at radius 2 is 1.76 bits per heavy atom. The summed E-state index contributed by atoms with van der Waals surface area (Å²) in [5.41, 5.74) is -0.560. The molecule has 1 fully saturated rings. The Labute approximate surface area is 106 Å². The van der Waals surface area contributed by atoms with Crippen molar-refractivity contribution in [2.75, 3.05) is 13.1 Å². The lowest BCUT2D eigenvalue weighted by atomic mass is 9.98. The first-order chi connectivity index (χ1) is 7.60. The van der Waals surface area contributed by atoms with E-state index in [0.29, 0.717) is 25.9 Å². The van der Waals surface area contributed by atoms with Gasteiger partial charge in [0.15, 0.2) is 0 Å². The zero-order valence-corrected chi connectivity index (χ0v) is 11.8. The van der Waals surface area contributed by atoms with E-state index in [1.807, 2.05) is 0 Å². The molecular formula is C10H18ClNO4S. The minimum absolute atomic E-state index is 0.315. The molecule has 100 valence electrons. The number of nitrogens with zero attached hydrogens (tertiary/aromatic N) is 1. The molecule has 0 aromatic carbocycles. The molecule has 17 heavy (non-hydrogen) atoms. The second-order valence-electron chi connectivity index (χ2n) is 5.23. The van der Waals surface area contributed by atoms with Gasteiger partial charge in [-0.1, -0.05) is 0 Å². The standard InChI is InChI=1S/C10H18ClNO4S/c1-10(2,3)9(13)16-12-6-4-8(5-7-12)17(11,14)15/h8H,4-7H2,1-3H3. The van der Waals surface area contributed by atoms with Crippen LogP contribution in [0, 0.1) is 5.41 Å². The quantitative estimate of drug-likeness (QED) is 0.719. The van der Waals surface area contributed by atoms with E-state index in [4.69, 9.17) is 15.5 Å². The van der Waals surface area contributed by atoms with Crippen molar-refractivity contribution in [1.82, 2.24) is 5.06 Å². The topological polar surface area (TPSA) is 63.7 Å². The lowest BCUT2D eigenvalue weighted by Gasteiger charge is -2.30. The van der Waals surface area contributed by atoms with Crippen LogP contribution < -0.4 is 0 Å². The Balaban J connectivity index is 2.46. The van der Waals surface area contributed by atoms with Crippen LogP contribution in [-0.2, 0) is 18.7 Å². The average molecular weight is 284 g/mol. The normalized spacial score (nSPS) is 20.2. The van der Waals surface area contributed by atoms with Gasteiger partial charge in [0.1, 0.15) is 0 Å². The zero-order chi connectivity index (χ0) is 13.3. The highest BCUT2D eigenvalue weighted by molar-refractivity contribution is 8.14. The van der Waals surface area contributed by atoms with Crippen LogP contribution in [0.3, 0.4) is 0 Å². The Kier molecular flexibility index (Phi) is 4.43. The summed E-state index contributed by atoms with van der Waals surface area (Å²) in [4.78, 5) is 16.8. The number of hydrogen-bond donors (Lipinski definition) is 0. The van der Waals surface area contributed by atoms with Gasteiger partial charge in [0.25, 0.3) is 0 Å². The van der Waals surface area contributed by atoms with Gasteiger partial charge in [-0.3, -0.25) is 0 Å². The smallest absolute Gasteiger partial charge is 0.330 e. The summed E-state index contributed by atoms with van der Waals surface area (Å²) in [7, 11) is 1.78. The largest absolute Gasteiger partial charge is 0.367 e. The predicted octanol–water partition coefficient (Wildman–Crippen LogP) is 1.52. The molecule has 7 heteroatoms. The minimum Gasteiger partial charge on any atom is -0.367 e. The number of halogens is 1. The molecule has 0 N–H and O–H groups in total. The van der Waals surface area contributed by atoms with Crippen molar-refractivity contribution in [3.63, 3.8) is 0 Å². The molecule has 0 radical (unpaired) electrons. The summed E-state index contributed by atoms with van der Waals surface area (Å²) in [6, 6.07) is 0. The van der Waals surface area contributed by atoms with Gasteiger partial charge >= 0.3 is 5.97 Å². The third kappa shape index (κ3) is 4.44. The second kappa shape index (κ2) is 5.12. The summed E-state index contributed by atoms with van der Waals surface area (Å²) in [6.45, 7) is 6.11. The van der Waals surface area contributed by atoms with E-state index in [-0.39, 0.29) is 5.97 Å². The van der Waals surface area contributed by atoms with Crippen LogP contribution >= 0.6 is 10.7 Å². The first-order valence-corrected chi connectivity index (χ1v) is 7.89. The maximum absolute atomic E-state index is 11.6. The average Bonchev–Trinajstić information content (AvgIpc) is 2.15. The Hall–Kier alpha value is -0.330. The van der Waals surface area contributed by atoms with Crippen molar-refractivity contribution < 1.29 is 18.0 Å². The summed E-state index contributed by atoms with van der Waals surface area (Å²) in [5, 5.41) is 0.973. The molecule has 1 aliphatic rings. The van der Waals surface area contributed by atoms with Gasteiger partial charge in [-0.05, 0) is 33.6 Å². The van der Waals surface area contributed by atoms with Gasteiger partial charge in [-0.25, -0.2) is 13.2 Å². The van der Waals surface area contributed by atoms with Crippen LogP contribution in [0.4, 0.5) is 0 Å². The molecule has 5 nitrogen and oxygen atoms in total. The second-order valence-corrected chi connectivity index (χ2v) is 8.14. The van der Waals surface area contributed by atoms with E-state index >= 15 is 0 Å².